The number of rotatable bonds is 3. The maximum Gasteiger partial charge on any atom is 0.138 e. The van der Waals surface area contributed by atoms with E-state index in [1.165, 1.54) is 0 Å². The van der Waals surface area contributed by atoms with Crippen LogP contribution in [0.1, 0.15) is 48.9 Å². The maximum absolute atomic E-state index is 11.2. The molecule has 0 aliphatic heterocycles. The zero-order valence-electron chi connectivity index (χ0n) is 9.11. The first kappa shape index (κ1) is 14.2. The minimum atomic E-state index is -0.185. The average Bonchev–Trinajstić information content (AvgIpc) is 2.02. The topological polar surface area (TPSA) is 43.1 Å². The lowest BCUT2D eigenvalue weighted by atomic mass is 9.88. The molecule has 0 aliphatic rings. The molecule has 0 aliphatic carbocycles. The zero-order chi connectivity index (χ0) is 10.2. The Labute approximate surface area is 78.0 Å². The third-order valence-electron chi connectivity index (χ3n) is 1.44. The first-order chi connectivity index (χ1) is 5.48. The van der Waals surface area contributed by atoms with E-state index in [2.05, 4.69) is 0 Å². The van der Waals surface area contributed by atoms with Crippen LogP contribution in [0.4, 0.5) is 0 Å². The molecule has 0 heterocycles. The number of carbonyl (C=O) groups excluding carboxylic acids is 1. The molecule has 2 heteroatoms. The molecule has 2 N–H and O–H groups in total. The molecule has 0 saturated heterocycles. The van der Waals surface area contributed by atoms with Crippen molar-refractivity contribution in [2.24, 2.45) is 11.1 Å². The van der Waals surface area contributed by atoms with Gasteiger partial charge >= 0.3 is 0 Å². The highest BCUT2D eigenvalue weighted by Gasteiger charge is 2.19. The summed E-state index contributed by atoms with van der Waals surface area (Å²) in [6.07, 6.45) is 1.44. The zero-order valence-corrected chi connectivity index (χ0v) is 9.11. The van der Waals surface area contributed by atoms with Crippen molar-refractivity contribution in [1.82, 2.24) is 0 Å². The average molecular weight is 175 g/mol. The molecule has 0 atom stereocenters. The Morgan fingerprint density at radius 2 is 1.75 bits per heavy atom. The molecular formula is C10H25NO. The standard InChI is InChI=1S/C8H17NO.C2H6.H2/c1-8(2,3)7(10)5-4-6-9;1-2;/h4-6,9H2,1-3H3;1-2H3;1H. The van der Waals surface area contributed by atoms with Crippen LogP contribution >= 0.6 is 0 Å². The quantitative estimate of drug-likeness (QED) is 0.716. The highest BCUT2D eigenvalue weighted by Crippen LogP contribution is 2.16. The summed E-state index contributed by atoms with van der Waals surface area (Å²) in [5, 5.41) is 0. The van der Waals surface area contributed by atoms with Crippen LogP contribution in [0.5, 0.6) is 0 Å². The first-order valence-electron chi connectivity index (χ1n) is 4.72. The number of hydrogen-bond acceptors (Lipinski definition) is 2. The van der Waals surface area contributed by atoms with E-state index in [-0.39, 0.29) is 6.84 Å². The molecular weight excluding hydrogens is 150 g/mol. The predicted octanol–water partition coefficient (Wildman–Crippen LogP) is 2.61. The van der Waals surface area contributed by atoms with Crippen LogP contribution in [-0.4, -0.2) is 12.3 Å². The Hall–Kier alpha value is -0.370. The summed E-state index contributed by atoms with van der Waals surface area (Å²) in [4.78, 5) is 11.2. The summed E-state index contributed by atoms with van der Waals surface area (Å²) in [6.45, 7) is 10.4. The predicted molar refractivity (Wildman–Crippen MR) is 56.2 cm³/mol. The number of hydrogen-bond donors (Lipinski definition) is 1. The second kappa shape index (κ2) is 7.29. The van der Waals surface area contributed by atoms with E-state index in [0.29, 0.717) is 18.7 Å². The summed E-state index contributed by atoms with van der Waals surface area (Å²) in [6, 6.07) is 0. The molecule has 0 amide bonds. The fraction of sp³-hybridized carbons (Fsp3) is 0.900. The summed E-state index contributed by atoms with van der Waals surface area (Å²) < 4.78 is 0. The van der Waals surface area contributed by atoms with Gasteiger partial charge in [0.05, 0.1) is 0 Å². The van der Waals surface area contributed by atoms with Crippen molar-refractivity contribution in [3.05, 3.63) is 0 Å². The molecule has 76 valence electrons. The molecule has 0 aromatic heterocycles. The third-order valence-corrected chi connectivity index (χ3v) is 1.44. The molecule has 0 spiro atoms. The van der Waals surface area contributed by atoms with Gasteiger partial charge in [-0.15, -0.1) is 0 Å². The van der Waals surface area contributed by atoms with E-state index in [4.69, 9.17) is 5.73 Å². The van der Waals surface area contributed by atoms with E-state index in [0.717, 1.165) is 6.42 Å². The highest BCUT2D eigenvalue weighted by atomic mass is 16.1. The van der Waals surface area contributed by atoms with Crippen LogP contribution < -0.4 is 5.73 Å². The van der Waals surface area contributed by atoms with Crippen molar-refractivity contribution in [1.29, 1.82) is 0 Å². The van der Waals surface area contributed by atoms with Crippen LogP contribution in [0.25, 0.3) is 0 Å². The van der Waals surface area contributed by atoms with Crippen LogP contribution in [0.3, 0.4) is 0 Å². The Morgan fingerprint density at radius 3 is 2.00 bits per heavy atom. The van der Waals surface area contributed by atoms with Gasteiger partial charge in [-0.05, 0) is 13.0 Å². The van der Waals surface area contributed by atoms with Gasteiger partial charge in [0.25, 0.3) is 0 Å². The molecule has 2 nitrogen and oxygen atoms in total. The number of ketones is 1. The fourth-order valence-corrected chi connectivity index (χ4v) is 0.638. The lowest BCUT2D eigenvalue weighted by Gasteiger charge is -2.15. The van der Waals surface area contributed by atoms with Gasteiger partial charge in [0.15, 0.2) is 0 Å². The molecule has 0 aromatic carbocycles. The van der Waals surface area contributed by atoms with Crippen molar-refractivity contribution in [3.8, 4) is 0 Å². The second-order valence-electron chi connectivity index (χ2n) is 3.57. The van der Waals surface area contributed by atoms with Gasteiger partial charge in [-0.1, -0.05) is 34.6 Å². The van der Waals surface area contributed by atoms with E-state index in [1.807, 2.05) is 34.6 Å². The van der Waals surface area contributed by atoms with Gasteiger partial charge in [0.1, 0.15) is 5.78 Å². The van der Waals surface area contributed by atoms with Gasteiger partial charge in [0, 0.05) is 13.3 Å². The van der Waals surface area contributed by atoms with Crippen molar-refractivity contribution in [2.45, 2.75) is 47.5 Å². The monoisotopic (exact) mass is 175 g/mol. The smallest absolute Gasteiger partial charge is 0.138 e. The van der Waals surface area contributed by atoms with Crippen molar-refractivity contribution in [2.75, 3.05) is 6.54 Å². The van der Waals surface area contributed by atoms with E-state index in [9.17, 15) is 4.79 Å². The summed E-state index contributed by atoms with van der Waals surface area (Å²) >= 11 is 0. The van der Waals surface area contributed by atoms with Gasteiger partial charge in [-0.25, -0.2) is 0 Å². The minimum Gasteiger partial charge on any atom is -0.330 e. The Balaban J connectivity index is -0.000000309. The second-order valence-corrected chi connectivity index (χ2v) is 3.57. The number of nitrogens with two attached hydrogens (primary N) is 1. The Bertz CT molecular complexity index is 119. The van der Waals surface area contributed by atoms with Gasteiger partial charge in [0.2, 0.25) is 0 Å². The normalized spacial score (nSPS) is 10.2. The lowest BCUT2D eigenvalue weighted by Crippen LogP contribution is -2.20. The highest BCUT2D eigenvalue weighted by molar-refractivity contribution is 5.83. The Kier molecular flexibility index (Phi) is 8.61. The molecule has 12 heavy (non-hydrogen) atoms. The van der Waals surface area contributed by atoms with Crippen LogP contribution in [0, 0.1) is 5.41 Å². The summed E-state index contributed by atoms with van der Waals surface area (Å²) in [5.41, 5.74) is 5.08. The van der Waals surface area contributed by atoms with Gasteiger partial charge < -0.3 is 5.73 Å². The SMILES string of the molecule is CC.CC(C)(C)C(=O)CCCN.[HH]. The molecule has 0 radical (unpaired) electrons. The molecule has 0 saturated carbocycles. The number of carbonyl (C=O) groups is 1. The van der Waals surface area contributed by atoms with E-state index < -0.39 is 0 Å². The van der Waals surface area contributed by atoms with Crippen molar-refractivity contribution < 1.29 is 6.22 Å². The largest absolute Gasteiger partial charge is 0.330 e. The van der Waals surface area contributed by atoms with Crippen LogP contribution in [0.15, 0.2) is 0 Å². The maximum atomic E-state index is 11.2. The molecule has 0 bridgehead atoms. The Morgan fingerprint density at radius 1 is 1.33 bits per heavy atom. The first-order valence-corrected chi connectivity index (χ1v) is 4.72. The van der Waals surface area contributed by atoms with Crippen molar-refractivity contribution in [3.63, 3.8) is 0 Å². The fourth-order valence-electron chi connectivity index (χ4n) is 0.638. The van der Waals surface area contributed by atoms with Crippen LogP contribution in [-0.2, 0) is 4.79 Å². The molecule has 0 fully saturated rings. The van der Waals surface area contributed by atoms with E-state index in [1.54, 1.807) is 0 Å². The van der Waals surface area contributed by atoms with Crippen molar-refractivity contribution >= 4 is 5.78 Å². The molecule has 0 unspecified atom stereocenters. The van der Waals surface area contributed by atoms with Crippen LogP contribution in [0.2, 0.25) is 0 Å². The van der Waals surface area contributed by atoms with Gasteiger partial charge in [-0.3, -0.25) is 4.79 Å². The lowest BCUT2D eigenvalue weighted by molar-refractivity contribution is -0.126. The van der Waals surface area contributed by atoms with Gasteiger partial charge in [-0.2, -0.15) is 0 Å². The summed E-state index contributed by atoms with van der Waals surface area (Å²) in [7, 11) is 0. The molecule has 0 rings (SSSR count). The third kappa shape index (κ3) is 7.73. The van der Waals surface area contributed by atoms with E-state index >= 15 is 0 Å². The number of Topliss-reactive ketones (excluding diaryl/α,β-unsaturated/α-hetero) is 1. The molecule has 0 aromatic rings. The minimum absolute atomic E-state index is 0. The summed E-state index contributed by atoms with van der Waals surface area (Å²) in [5.74, 6) is 0.304.